The van der Waals surface area contributed by atoms with E-state index >= 15 is 0 Å². The van der Waals surface area contributed by atoms with Gasteiger partial charge in [0.1, 0.15) is 0 Å². The van der Waals surface area contributed by atoms with Gasteiger partial charge in [0, 0.05) is 12.0 Å². The van der Waals surface area contributed by atoms with Crippen molar-refractivity contribution >= 4 is 26.6 Å². The normalized spacial score (nSPS) is 12.5. The SMILES string of the molecule is Cc1ccc(S(=O)(=O)NC(CC(=O)c2ccccc2)c2ccc3ccccc3c2)cc1. The summed E-state index contributed by atoms with van der Waals surface area (Å²) in [6.45, 7) is 1.90. The van der Waals surface area contributed by atoms with Crippen LogP contribution in [-0.2, 0) is 10.0 Å². The molecule has 0 heterocycles. The van der Waals surface area contributed by atoms with E-state index in [0.29, 0.717) is 5.56 Å². The van der Waals surface area contributed by atoms with Crippen LogP contribution in [0.1, 0.15) is 33.9 Å². The fourth-order valence-corrected chi connectivity index (χ4v) is 4.78. The van der Waals surface area contributed by atoms with Gasteiger partial charge in [-0.3, -0.25) is 4.79 Å². The molecule has 0 aliphatic carbocycles. The Balaban J connectivity index is 1.70. The summed E-state index contributed by atoms with van der Waals surface area (Å²) in [5, 5.41) is 2.05. The number of ketones is 1. The minimum atomic E-state index is -3.81. The highest BCUT2D eigenvalue weighted by molar-refractivity contribution is 7.89. The summed E-state index contributed by atoms with van der Waals surface area (Å²) >= 11 is 0. The maximum atomic E-state index is 13.1. The van der Waals surface area contributed by atoms with E-state index < -0.39 is 16.1 Å². The van der Waals surface area contributed by atoms with Crippen molar-refractivity contribution < 1.29 is 13.2 Å². The number of hydrogen-bond donors (Lipinski definition) is 1. The van der Waals surface area contributed by atoms with Gasteiger partial charge in [0.05, 0.1) is 10.9 Å². The molecule has 1 atom stereocenters. The van der Waals surface area contributed by atoms with E-state index in [4.69, 9.17) is 0 Å². The van der Waals surface area contributed by atoms with E-state index in [1.807, 2.05) is 55.5 Å². The molecule has 0 aromatic heterocycles. The molecule has 4 aromatic carbocycles. The molecule has 31 heavy (non-hydrogen) atoms. The summed E-state index contributed by atoms with van der Waals surface area (Å²) in [7, 11) is -3.81. The number of aryl methyl sites for hydroxylation is 1. The number of sulfonamides is 1. The van der Waals surface area contributed by atoms with E-state index in [1.165, 1.54) is 0 Å². The van der Waals surface area contributed by atoms with Crippen molar-refractivity contribution in [2.24, 2.45) is 0 Å². The Morgan fingerprint density at radius 3 is 2.16 bits per heavy atom. The van der Waals surface area contributed by atoms with Gasteiger partial charge in [0.2, 0.25) is 10.0 Å². The van der Waals surface area contributed by atoms with E-state index in [0.717, 1.165) is 21.9 Å². The molecule has 0 amide bonds. The third-order valence-corrected chi connectivity index (χ3v) is 6.78. The van der Waals surface area contributed by atoms with Crippen LogP contribution in [0.15, 0.2) is 102 Å². The maximum absolute atomic E-state index is 13.1. The molecule has 1 N–H and O–H groups in total. The molecule has 0 aliphatic heterocycles. The van der Waals surface area contributed by atoms with Crippen LogP contribution < -0.4 is 4.72 Å². The molecule has 0 bridgehead atoms. The van der Waals surface area contributed by atoms with Crippen LogP contribution in [0.4, 0.5) is 0 Å². The smallest absolute Gasteiger partial charge is 0.241 e. The maximum Gasteiger partial charge on any atom is 0.241 e. The van der Waals surface area contributed by atoms with E-state index in [1.54, 1.807) is 48.5 Å². The summed E-state index contributed by atoms with van der Waals surface area (Å²) in [4.78, 5) is 13.1. The summed E-state index contributed by atoms with van der Waals surface area (Å²) in [6.07, 6.45) is 0.0213. The largest absolute Gasteiger partial charge is 0.294 e. The first-order valence-electron chi connectivity index (χ1n) is 10.1. The van der Waals surface area contributed by atoms with Gasteiger partial charge >= 0.3 is 0 Å². The average molecular weight is 430 g/mol. The van der Waals surface area contributed by atoms with Crippen molar-refractivity contribution in [1.82, 2.24) is 4.72 Å². The van der Waals surface area contributed by atoms with Crippen LogP contribution in [0.2, 0.25) is 0 Å². The number of rotatable bonds is 7. The topological polar surface area (TPSA) is 63.2 Å². The first kappa shape index (κ1) is 21.0. The number of fused-ring (bicyclic) bond motifs is 1. The molecule has 0 aliphatic rings. The zero-order valence-electron chi connectivity index (χ0n) is 17.2. The molecule has 1 unspecified atom stereocenters. The van der Waals surface area contributed by atoms with E-state index in [9.17, 15) is 13.2 Å². The minimum absolute atomic E-state index is 0.0213. The van der Waals surface area contributed by atoms with Gasteiger partial charge in [-0.2, -0.15) is 0 Å². The number of benzene rings is 4. The summed E-state index contributed by atoms with van der Waals surface area (Å²) < 4.78 is 28.9. The summed E-state index contributed by atoms with van der Waals surface area (Å²) in [5.41, 5.74) is 2.28. The average Bonchev–Trinajstić information content (AvgIpc) is 2.79. The second kappa shape index (κ2) is 8.84. The molecule has 0 spiro atoms. The monoisotopic (exact) mass is 429 g/mol. The molecular weight excluding hydrogens is 406 g/mol. The Morgan fingerprint density at radius 1 is 0.806 bits per heavy atom. The molecule has 4 nitrogen and oxygen atoms in total. The number of carbonyl (C=O) groups is 1. The molecule has 0 saturated carbocycles. The standard InChI is InChI=1S/C26H23NO3S/c1-19-11-15-24(16-12-19)31(29,30)27-25(18-26(28)21-8-3-2-4-9-21)23-14-13-20-7-5-6-10-22(20)17-23/h2-17,25,27H,18H2,1H3. The van der Waals surface area contributed by atoms with E-state index in [-0.39, 0.29) is 17.1 Å². The van der Waals surface area contributed by atoms with Gasteiger partial charge in [-0.1, -0.05) is 84.4 Å². The Bertz CT molecular complexity index is 1310. The summed E-state index contributed by atoms with van der Waals surface area (Å²) in [6, 6.07) is 28.6. The zero-order chi connectivity index (χ0) is 21.8. The number of Topliss-reactive ketones (excluding diaryl/α,β-unsaturated/α-hetero) is 1. The van der Waals surface area contributed by atoms with Gasteiger partial charge in [-0.15, -0.1) is 0 Å². The molecule has 0 fully saturated rings. The fourth-order valence-electron chi connectivity index (χ4n) is 3.55. The summed E-state index contributed by atoms with van der Waals surface area (Å²) in [5.74, 6) is -0.120. The minimum Gasteiger partial charge on any atom is -0.294 e. The predicted octanol–water partition coefficient (Wildman–Crippen LogP) is 5.44. The third-order valence-electron chi connectivity index (χ3n) is 5.29. The van der Waals surface area contributed by atoms with E-state index in [2.05, 4.69) is 4.72 Å². The lowest BCUT2D eigenvalue weighted by Gasteiger charge is -2.20. The van der Waals surface area contributed by atoms with Crippen molar-refractivity contribution in [2.45, 2.75) is 24.3 Å². The second-order valence-electron chi connectivity index (χ2n) is 7.59. The lowest BCUT2D eigenvalue weighted by atomic mass is 9.96. The highest BCUT2D eigenvalue weighted by atomic mass is 32.2. The lowest BCUT2D eigenvalue weighted by molar-refractivity contribution is 0.0972. The van der Waals surface area contributed by atoms with Crippen LogP contribution >= 0.6 is 0 Å². The molecular formula is C26H23NO3S. The third kappa shape index (κ3) is 4.90. The van der Waals surface area contributed by atoms with Crippen molar-refractivity contribution in [1.29, 1.82) is 0 Å². The molecule has 4 rings (SSSR count). The second-order valence-corrected chi connectivity index (χ2v) is 9.30. The molecule has 0 saturated heterocycles. The lowest BCUT2D eigenvalue weighted by Crippen LogP contribution is -2.30. The van der Waals surface area contributed by atoms with Crippen LogP contribution in [0.3, 0.4) is 0 Å². The number of hydrogen-bond acceptors (Lipinski definition) is 3. The Morgan fingerprint density at radius 2 is 1.45 bits per heavy atom. The predicted molar refractivity (Wildman–Crippen MR) is 124 cm³/mol. The molecule has 156 valence electrons. The highest BCUT2D eigenvalue weighted by Crippen LogP contribution is 2.26. The first-order valence-corrected chi connectivity index (χ1v) is 11.6. The Kier molecular flexibility index (Phi) is 5.98. The zero-order valence-corrected chi connectivity index (χ0v) is 18.0. The van der Waals surface area contributed by atoms with Gasteiger partial charge < -0.3 is 0 Å². The Hall–Kier alpha value is -3.28. The number of carbonyl (C=O) groups excluding carboxylic acids is 1. The molecule has 5 heteroatoms. The first-order chi connectivity index (χ1) is 14.9. The van der Waals surface area contributed by atoms with Gasteiger partial charge in [0.15, 0.2) is 5.78 Å². The van der Waals surface area contributed by atoms with Crippen molar-refractivity contribution in [3.63, 3.8) is 0 Å². The van der Waals surface area contributed by atoms with Crippen molar-refractivity contribution in [2.75, 3.05) is 0 Å². The highest BCUT2D eigenvalue weighted by Gasteiger charge is 2.24. The number of nitrogens with one attached hydrogen (secondary N) is 1. The van der Waals surface area contributed by atoms with Crippen LogP contribution in [0, 0.1) is 6.92 Å². The van der Waals surface area contributed by atoms with Crippen molar-refractivity contribution in [3.8, 4) is 0 Å². The van der Waals surface area contributed by atoms with Gasteiger partial charge in [0.25, 0.3) is 0 Å². The fraction of sp³-hybridized carbons (Fsp3) is 0.115. The van der Waals surface area contributed by atoms with Crippen LogP contribution in [-0.4, -0.2) is 14.2 Å². The van der Waals surface area contributed by atoms with Crippen LogP contribution in [0.5, 0.6) is 0 Å². The molecule has 0 radical (unpaired) electrons. The van der Waals surface area contributed by atoms with Crippen LogP contribution in [0.25, 0.3) is 10.8 Å². The Labute approximate surface area is 182 Å². The quantitative estimate of drug-likeness (QED) is 0.398. The van der Waals surface area contributed by atoms with Crippen molar-refractivity contribution in [3.05, 3.63) is 114 Å². The van der Waals surface area contributed by atoms with Gasteiger partial charge in [-0.25, -0.2) is 13.1 Å². The molecule has 4 aromatic rings. The van der Waals surface area contributed by atoms with Gasteiger partial charge in [-0.05, 0) is 41.5 Å².